The highest BCUT2D eigenvalue weighted by molar-refractivity contribution is 7.89. The van der Waals surface area contributed by atoms with Gasteiger partial charge in [0.25, 0.3) is 0 Å². The van der Waals surface area contributed by atoms with Crippen molar-refractivity contribution in [1.29, 1.82) is 0 Å². The van der Waals surface area contributed by atoms with Crippen LogP contribution in [0.4, 0.5) is 11.4 Å². The van der Waals surface area contributed by atoms with E-state index in [0.29, 0.717) is 36.5 Å². The molecule has 2 saturated heterocycles. The minimum atomic E-state index is -3.51. The highest BCUT2D eigenvalue weighted by Crippen LogP contribution is 2.30. The molecule has 2 aliphatic rings. The Hall–Kier alpha value is -2.91. The van der Waals surface area contributed by atoms with Crippen LogP contribution in [0.1, 0.15) is 44.9 Å². The Morgan fingerprint density at radius 3 is 2.53 bits per heavy atom. The Kier molecular flexibility index (Phi) is 6.31. The molecule has 1 amide bonds. The number of sulfonamides is 1. The van der Waals surface area contributed by atoms with Crippen molar-refractivity contribution in [3.05, 3.63) is 48.3 Å². The molecule has 34 heavy (non-hydrogen) atoms. The van der Waals surface area contributed by atoms with Gasteiger partial charge in [-0.25, -0.2) is 13.4 Å². The molecule has 0 saturated carbocycles. The number of fused-ring (bicyclic) bond motifs is 1. The Bertz CT molecular complexity index is 1310. The number of imidazole rings is 1. The largest absolute Gasteiger partial charge is 0.376 e. The number of amides is 1. The molecule has 8 nitrogen and oxygen atoms in total. The second-order valence-electron chi connectivity index (χ2n) is 8.91. The van der Waals surface area contributed by atoms with Gasteiger partial charge in [-0.3, -0.25) is 4.79 Å². The van der Waals surface area contributed by atoms with Crippen molar-refractivity contribution in [1.82, 2.24) is 13.9 Å². The Morgan fingerprint density at radius 2 is 1.79 bits per heavy atom. The third-order valence-corrected chi connectivity index (χ3v) is 8.67. The van der Waals surface area contributed by atoms with Gasteiger partial charge in [-0.2, -0.15) is 4.31 Å². The van der Waals surface area contributed by atoms with Crippen LogP contribution in [0.15, 0.2) is 47.4 Å². The molecule has 0 bridgehead atoms. The SMILES string of the molecule is CCn1c(CNc2ccccc2N2CCCC2=O)nc2cc(S(=O)(=O)N3CCCCC3)ccc21. The molecule has 180 valence electrons. The lowest BCUT2D eigenvalue weighted by molar-refractivity contribution is -0.117. The third-order valence-electron chi connectivity index (χ3n) is 6.77. The van der Waals surface area contributed by atoms with E-state index < -0.39 is 10.0 Å². The smallest absolute Gasteiger partial charge is 0.243 e. The standard InChI is InChI=1S/C25H31N5O3S/c1-2-29-23-13-12-19(34(32,33)28-14-6-3-7-15-28)17-21(23)27-24(29)18-26-20-9-4-5-10-22(20)30-16-8-11-25(30)31/h4-5,9-10,12-13,17,26H,2-3,6-8,11,14-16,18H2,1H3. The maximum atomic E-state index is 13.1. The summed E-state index contributed by atoms with van der Waals surface area (Å²) in [5.74, 6) is 0.977. The second-order valence-corrected chi connectivity index (χ2v) is 10.8. The number of carbonyl (C=O) groups is 1. The number of para-hydroxylation sites is 2. The van der Waals surface area contributed by atoms with E-state index in [0.717, 1.165) is 61.5 Å². The molecule has 2 fully saturated rings. The van der Waals surface area contributed by atoms with E-state index in [9.17, 15) is 13.2 Å². The molecule has 3 aromatic rings. The first-order valence-corrected chi connectivity index (χ1v) is 13.6. The molecule has 0 unspecified atom stereocenters. The summed E-state index contributed by atoms with van der Waals surface area (Å²) < 4.78 is 30.0. The maximum Gasteiger partial charge on any atom is 0.243 e. The van der Waals surface area contributed by atoms with Crippen LogP contribution in [0.2, 0.25) is 0 Å². The van der Waals surface area contributed by atoms with E-state index in [1.807, 2.05) is 35.2 Å². The van der Waals surface area contributed by atoms with Gasteiger partial charge in [-0.15, -0.1) is 0 Å². The molecule has 9 heteroatoms. The average molecular weight is 482 g/mol. The van der Waals surface area contributed by atoms with Crippen LogP contribution in [0.25, 0.3) is 11.0 Å². The van der Waals surface area contributed by atoms with Crippen molar-refractivity contribution in [3.63, 3.8) is 0 Å². The predicted octanol–water partition coefficient (Wildman–Crippen LogP) is 3.97. The van der Waals surface area contributed by atoms with E-state index in [-0.39, 0.29) is 5.91 Å². The lowest BCUT2D eigenvalue weighted by atomic mass is 10.2. The quantitative estimate of drug-likeness (QED) is 0.552. The van der Waals surface area contributed by atoms with Gasteiger partial charge in [0.15, 0.2) is 0 Å². The Balaban J connectivity index is 1.42. The number of hydrogen-bond acceptors (Lipinski definition) is 5. The predicted molar refractivity (Wildman–Crippen MR) is 133 cm³/mol. The number of nitrogens with one attached hydrogen (secondary N) is 1. The minimum absolute atomic E-state index is 0.150. The van der Waals surface area contributed by atoms with E-state index >= 15 is 0 Å². The molecule has 1 aromatic heterocycles. The summed E-state index contributed by atoms with van der Waals surface area (Å²) in [6, 6.07) is 13.1. The van der Waals surface area contributed by atoms with Gasteiger partial charge in [0.1, 0.15) is 5.82 Å². The number of carbonyl (C=O) groups excluding carboxylic acids is 1. The molecule has 0 radical (unpaired) electrons. The van der Waals surface area contributed by atoms with Crippen molar-refractivity contribution >= 4 is 38.3 Å². The number of hydrogen-bond donors (Lipinski definition) is 1. The number of nitrogens with zero attached hydrogens (tertiary/aromatic N) is 4. The van der Waals surface area contributed by atoms with Crippen LogP contribution >= 0.6 is 0 Å². The molecule has 5 rings (SSSR count). The average Bonchev–Trinajstić information content (AvgIpc) is 3.45. The Labute approximate surface area is 200 Å². The topological polar surface area (TPSA) is 87.5 Å². The van der Waals surface area contributed by atoms with Crippen LogP contribution in [-0.2, 0) is 27.9 Å². The summed E-state index contributed by atoms with van der Waals surface area (Å²) in [6.45, 7) is 5.14. The number of benzene rings is 2. The summed E-state index contributed by atoms with van der Waals surface area (Å²) >= 11 is 0. The first-order valence-electron chi connectivity index (χ1n) is 12.1. The van der Waals surface area contributed by atoms with Crippen molar-refractivity contribution in [2.75, 3.05) is 29.9 Å². The molecule has 3 heterocycles. The Morgan fingerprint density at radius 1 is 1.00 bits per heavy atom. The van der Waals surface area contributed by atoms with Gasteiger partial charge in [0.05, 0.1) is 33.8 Å². The zero-order chi connectivity index (χ0) is 23.7. The van der Waals surface area contributed by atoms with Gasteiger partial charge >= 0.3 is 0 Å². The molecule has 0 spiro atoms. The zero-order valence-corrected chi connectivity index (χ0v) is 20.4. The van der Waals surface area contributed by atoms with Gasteiger partial charge < -0.3 is 14.8 Å². The number of rotatable bonds is 7. The van der Waals surface area contributed by atoms with Crippen LogP contribution in [0, 0.1) is 0 Å². The molecule has 1 N–H and O–H groups in total. The van der Waals surface area contributed by atoms with Crippen LogP contribution < -0.4 is 10.2 Å². The lowest BCUT2D eigenvalue weighted by Gasteiger charge is -2.25. The molecular formula is C25H31N5O3S. The fourth-order valence-corrected chi connectivity index (χ4v) is 6.54. The van der Waals surface area contributed by atoms with Gasteiger partial charge in [0.2, 0.25) is 15.9 Å². The minimum Gasteiger partial charge on any atom is -0.376 e. The second kappa shape index (κ2) is 9.38. The van der Waals surface area contributed by atoms with Crippen molar-refractivity contribution in [2.45, 2.75) is 57.0 Å². The fourth-order valence-electron chi connectivity index (χ4n) is 5.00. The summed E-state index contributed by atoms with van der Waals surface area (Å²) in [4.78, 5) is 19.2. The summed E-state index contributed by atoms with van der Waals surface area (Å²) in [6.07, 6.45) is 4.36. The molecule has 2 aromatic carbocycles. The highest BCUT2D eigenvalue weighted by Gasteiger charge is 2.27. The first kappa shape index (κ1) is 22.9. The molecule has 2 aliphatic heterocycles. The van der Waals surface area contributed by atoms with Gasteiger partial charge in [-0.05, 0) is 56.5 Å². The third kappa shape index (κ3) is 4.18. The van der Waals surface area contributed by atoms with E-state index in [4.69, 9.17) is 4.98 Å². The number of aryl methyl sites for hydroxylation is 1. The molecule has 0 atom stereocenters. The summed E-state index contributed by atoms with van der Waals surface area (Å²) in [7, 11) is -3.51. The molecule has 0 aliphatic carbocycles. The highest BCUT2D eigenvalue weighted by atomic mass is 32.2. The summed E-state index contributed by atoms with van der Waals surface area (Å²) in [5, 5.41) is 3.46. The number of piperidine rings is 1. The first-order chi connectivity index (χ1) is 16.5. The van der Waals surface area contributed by atoms with Gasteiger partial charge in [0, 0.05) is 32.6 Å². The lowest BCUT2D eigenvalue weighted by Crippen LogP contribution is -2.35. The van der Waals surface area contributed by atoms with E-state index in [2.05, 4.69) is 16.8 Å². The van der Waals surface area contributed by atoms with E-state index in [1.54, 1.807) is 16.4 Å². The maximum absolute atomic E-state index is 13.1. The van der Waals surface area contributed by atoms with E-state index in [1.165, 1.54) is 0 Å². The van der Waals surface area contributed by atoms with Crippen LogP contribution in [-0.4, -0.2) is 47.8 Å². The normalized spacial score (nSPS) is 17.6. The monoisotopic (exact) mass is 481 g/mol. The van der Waals surface area contributed by atoms with Crippen molar-refractivity contribution in [3.8, 4) is 0 Å². The summed E-state index contributed by atoms with van der Waals surface area (Å²) in [5.41, 5.74) is 3.37. The number of anilines is 2. The van der Waals surface area contributed by atoms with Crippen molar-refractivity contribution in [2.24, 2.45) is 0 Å². The van der Waals surface area contributed by atoms with Crippen molar-refractivity contribution < 1.29 is 13.2 Å². The zero-order valence-electron chi connectivity index (χ0n) is 19.5. The molecular weight excluding hydrogens is 450 g/mol. The number of aromatic nitrogens is 2. The van der Waals surface area contributed by atoms with Crippen LogP contribution in [0.3, 0.4) is 0 Å². The van der Waals surface area contributed by atoms with Crippen LogP contribution in [0.5, 0.6) is 0 Å². The van der Waals surface area contributed by atoms with Gasteiger partial charge in [-0.1, -0.05) is 18.6 Å². The fraction of sp³-hybridized carbons (Fsp3) is 0.440.